The zero-order valence-corrected chi connectivity index (χ0v) is 15.6. The minimum atomic E-state index is -0.134. The summed E-state index contributed by atoms with van der Waals surface area (Å²) in [6.07, 6.45) is 0. The van der Waals surface area contributed by atoms with Crippen LogP contribution in [0, 0.1) is 6.92 Å². The Morgan fingerprint density at radius 2 is 2.08 bits per heavy atom. The van der Waals surface area contributed by atoms with Crippen LogP contribution in [0.1, 0.15) is 21.1 Å². The summed E-state index contributed by atoms with van der Waals surface area (Å²) in [5.74, 6) is 1.32. The van der Waals surface area contributed by atoms with Gasteiger partial charge in [0.15, 0.2) is 0 Å². The molecule has 3 aromatic rings. The van der Waals surface area contributed by atoms with E-state index in [1.165, 1.54) is 0 Å². The molecule has 1 heterocycles. The number of amides is 1. The summed E-state index contributed by atoms with van der Waals surface area (Å²) >= 11 is 3.26. The van der Waals surface area contributed by atoms with Crippen molar-refractivity contribution in [2.45, 2.75) is 17.6 Å². The Bertz CT molecular complexity index is 877. The van der Waals surface area contributed by atoms with Gasteiger partial charge in [0.1, 0.15) is 5.75 Å². The molecular weight excluding hydrogens is 352 g/mol. The predicted molar refractivity (Wildman–Crippen MR) is 104 cm³/mol. The van der Waals surface area contributed by atoms with Crippen LogP contribution in [-0.4, -0.2) is 18.0 Å². The lowest BCUT2D eigenvalue weighted by atomic mass is 10.2. The average Bonchev–Trinajstić information content (AvgIpc) is 3.05. The van der Waals surface area contributed by atoms with Gasteiger partial charge in [-0.1, -0.05) is 18.2 Å². The molecule has 1 N–H and O–H groups in total. The number of carbonyl (C=O) groups is 1. The SMILES string of the molecule is COc1cccc(NC(=O)c2ccccc2SCc2csc(C)n2)c1. The number of carbonyl (C=O) groups excluding carboxylic acids is 1. The Morgan fingerprint density at radius 1 is 1.24 bits per heavy atom. The van der Waals surface area contributed by atoms with E-state index >= 15 is 0 Å². The number of benzene rings is 2. The van der Waals surface area contributed by atoms with Gasteiger partial charge in [0, 0.05) is 27.8 Å². The maximum Gasteiger partial charge on any atom is 0.256 e. The number of nitrogens with zero attached hydrogens (tertiary/aromatic N) is 1. The molecule has 0 aliphatic rings. The van der Waals surface area contributed by atoms with Crippen LogP contribution in [0.2, 0.25) is 0 Å². The molecule has 25 heavy (non-hydrogen) atoms. The topological polar surface area (TPSA) is 51.2 Å². The van der Waals surface area contributed by atoms with Crippen LogP contribution in [0.25, 0.3) is 0 Å². The van der Waals surface area contributed by atoms with Crippen LogP contribution >= 0.6 is 23.1 Å². The normalized spacial score (nSPS) is 10.5. The van der Waals surface area contributed by atoms with Gasteiger partial charge in [-0.15, -0.1) is 23.1 Å². The Balaban J connectivity index is 1.73. The molecular formula is C19H18N2O2S2. The molecule has 4 nitrogen and oxygen atoms in total. The van der Waals surface area contributed by atoms with Crippen molar-refractivity contribution in [3.63, 3.8) is 0 Å². The third-order valence-electron chi connectivity index (χ3n) is 3.50. The van der Waals surface area contributed by atoms with Crippen molar-refractivity contribution < 1.29 is 9.53 Å². The van der Waals surface area contributed by atoms with E-state index in [1.54, 1.807) is 36.3 Å². The number of thioether (sulfide) groups is 1. The first-order valence-electron chi connectivity index (χ1n) is 7.74. The summed E-state index contributed by atoms with van der Waals surface area (Å²) in [5.41, 5.74) is 2.40. The number of aromatic nitrogens is 1. The van der Waals surface area contributed by atoms with E-state index in [9.17, 15) is 4.79 Å². The molecule has 0 atom stereocenters. The van der Waals surface area contributed by atoms with Crippen molar-refractivity contribution in [1.82, 2.24) is 4.98 Å². The van der Waals surface area contributed by atoms with Crippen LogP contribution in [0.4, 0.5) is 5.69 Å². The predicted octanol–water partition coefficient (Wildman–Crippen LogP) is 5.00. The highest BCUT2D eigenvalue weighted by molar-refractivity contribution is 7.98. The number of hydrogen-bond donors (Lipinski definition) is 1. The molecule has 0 saturated heterocycles. The molecule has 1 aromatic heterocycles. The maximum absolute atomic E-state index is 12.7. The highest BCUT2D eigenvalue weighted by atomic mass is 32.2. The fourth-order valence-electron chi connectivity index (χ4n) is 2.31. The first-order valence-corrected chi connectivity index (χ1v) is 9.60. The van der Waals surface area contributed by atoms with E-state index in [2.05, 4.69) is 15.7 Å². The quantitative estimate of drug-likeness (QED) is 0.620. The third-order valence-corrected chi connectivity index (χ3v) is 5.43. The second kappa shape index (κ2) is 8.18. The smallest absolute Gasteiger partial charge is 0.256 e. The lowest BCUT2D eigenvalue weighted by molar-refractivity contribution is 0.102. The molecule has 0 saturated carbocycles. The minimum Gasteiger partial charge on any atom is -0.497 e. The van der Waals surface area contributed by atoms with Gasteiger partial charge in [0.05, 0.1) is 23.4 Å². The van der Waals surface area contributed by atoms with Gasteiger partial charge in [-0.2, -0.15) is 0 Å². The van der Waals surface area contributed by atoms with Gasteiger partial charge in [0.25, 0.3) is 5.91 Å². The van der Waals surface area contributed by atoms with Crippen LogP contribution < -0.4 is 10.1 Å². The van der Waals surface area contributed by atoms with E-state index in [-0.39, 0.29) is 5.91 Å². The second-order valence-corrected chi connectivity index (χ2v) is 7.41. The summed E-state index contributed by atoms with van der Waals surface area (Å²) in [6, 6.07) is 14.9. The molecule has 0 fully saturated rings. The third kappa shape index (κ3) is 4.61. The van der Waals surface area contributed by atoms with E-state index in [1.807, 2.05) is 49.4 Å². The molecule has 1 amide bonds. The molecule has 0 aliphatic carbocycles. The summed E-state index contributed by atoms with van der Waals surface area (Å²) < 4.78 is 5.19. The number of ether oxygens (including phenoxy) is 1. The molecule has 6 heteroatoms. The molecule has 0 bridgehead atoms. The van der Waals surface area contributed by atoms with Gasteiger partial charge >= 0.3 is 0 Å². The van der Waals surface area contributed by atoms with Crippen LogP contribution in [0.15, 0.2) is 58.8 Å². The van der Waals surface area contributed by atoms with E-state index in [0.717, 1.165) is 21.3 Å². The van der Waals surface area contributed by atoms with Crippen molar-refractivity contribution >= 4 is 34.7 Å². The summed E-state index contributed by atoms with van der Waals surface area (Å²) in [4.78, 5) is 18.1. The molecule has 0 spiro atoms. The zero-order valence-electron chi connectivity index (χ0n) is 14.0. The van der Waals surface area contributed by atoms with Crippen molar-refractivity contribution in [2.24, 2.45) is 0 Å². The van der Waals surface area contributed by atoms with E-state index in [0.29, 0.717) is 17.0 Å². The number of aryl methyl sites for hydroxylation is 1. The van der Waals surface area contributed by atoms with Gasteiger partial charge in [-0.05, 0) is 31.2 Å². The second-order valence-electron chi connectivity index (χ2n) is 5.33. The lowest BCUT2D eigenvalue weighted by Gasteiger charge is -2.10. The molecule has 0 unspecified atom stereocenters. The number of thiazole rings is 1. The van der Waals surface area contributed by atoms with Crippen LogP contribution in [0.5, 0.6) is 5.75 Å². The van der Waals surface area contributed by atoms with Crippen molar-refractivity contribution in [1.29, 1.82) is 0 Å². The Morgan fingerprint density at radius 3 is 2.84 bits per heavy atom. The summed E-state index contributed by atoms with van der Waals surface area (Å²) in [7, 11) is 1.60. The fraction of sp³-hybridized carbons (Fsp3) is 0.158. The number of anilines is 1. The van der Waals surface area contributed by atoms with E-state index < -0.39 is 0 Å². The molecule has 2 aromatic carbocycles. The fourth-order valence-corrected chi connectivity index (χ4v) is 3.97. The minimum absolute atomic E-state index is 0.134. The number of methoxy groups -OCH3 is 1. The van der Waals surface area contributed by atoms with Crippen molar-refractivity contribution in [3.8, 4) is 5.75 Å². The number of rotatable bonds is 6. The largest absolute Gasteiger partial charge is 0.497 e. The Kier molecular flexibility index (Phi) is 5.73. The van der Waals surface area contributed by atoms with Gasteiger partial charge < -0.3 is 10.1 Å². The molecule has 0 radical (unpaired) electrons. The lowest BCUT2D eigenvalue weighted by Crippen LogP contribution is -2.13. The van der Waals surface area contributed by atoms with Gasteiger partial charge in [-0.25, -0.2) is 4.98 Å². The van der Waals surface area contributed by atoms with E-state index in [4.69, 9.17) is 4.74 Å². The zero-order chi connectivity index (χ0) is 17.6. The first-order chi connectivity index (χ1) is 12.2. The Hall–Kier alpha value is -2.31. The monoisotopic (exact) mass is 370 g/mol. The summed E-state index contributed by atoms with van der Waals surface area (Å²) in [5, 5.41) is 6.04. The highest BCUT2D eigenvalue weighted by Gasteiger charge is 2.12. The Labute approximate surface area is 155 Å². The van der Waals surface area contributed by atoms with Crippen LogP contribution in [0.3, 0.4) is 0 Å². The molecule has 0 aliphatic heterocycles. The molecule has 128 valence electrons. The van der Waals surface area contributed by atoms with Gasteiger partial charge in [0.2, 0.25) is 0 Å². The standard InChI is InChI=1S/C19H18N2O2S2/c1-13-20-15(11-24-13)12-25-18-9-4-3-8-17(18)19(22)21-14-6-5-7-16(10-14)23-2/h3-11H,12H2,1-2H3,(H,21,22). The first kappa shape index (κ1) is 17.5. The van der Waals surface area contributed by atoms with Gasteiger partial charge in [-0.3, -0.25) is 4.79 Å². The summed E-state index contributed by atoms with van der Waals surface area (Å²) in [6.45, 7) is 1.99. The maximum atomic E-state index is 12.7. The average molecular weight is 370 g/mol. The highest BCUT2D eigenvalue weighted by Crippen LogP contribution is 2.27. The number of nitrogens with one attached hydrogen (secondary N) is 1. The van der Waals surface area contributed by atoms with Crippen molar-refractivity contribution in [2.75, 3.05) is 12.4 Å². The van der Waals surface area contributed by atoms with Crippen LogP contribution in [-0.2, 0) is 5.75 Å². The number of hydrogen-bond acceptors (Lipinski definition) is 5. The van der Waals surface area contributed by atoms with Crippen molar-refractivity contribution in [3.05, 3.63) is 70.2 Å². The molecule has 3 rings (SSSR count).